The number of rotatable bonds is 5. The number of allylic oxidation sites excluding steroid dienone is 2. The molecule has 0 radical (unpaired) electrons. The molecule has 7 nitrogen and oxygen atoms in total. The standard InChI is InChI=1S/C20H18F6N6O/c21-19(22,23)16(27)2-5-29-13-8-14(18(28)33)31-15-10-32(6-3-12(13)15)9-11-1-4-30-17(7-11)20(24,25)26/h1-2,4-5,7-8H,3,6,9-10,27H2,(H2,28,33). The minimum absolute atomic E-state index is 0.140. The van der Waals surface area contributed by atoms with Gasteiger partial charge in [0.2, 0.25) is 0 Å². The van der Waals surface area contributed by atoms with Gasteiger partial charge in [0, 0.05) is 37.6 Å². The Morgan fingerprint density at radius 2 is 1.91 bits per heavy atom. The molecule has 1 amide bonds. The van der Waals surface area contributed by atoms with Crippen LogP contribution in [0.3, 0.4) is 0 Å². The molecule has 2 aromatic rings. The third-order valence-corrected chi connectivity index (χ3v) is 4.81. The average Bonchev–Trinajstić information content (AvgIpc) is 2.72. The molecule has 176 valence electrons. The molecule has 0 saturated heterocycles. The Balaban J connectivity index is 1.86. The van der Waals surface area contributed by atoms with Crippen molar-refractivity contribution >= 4 is 17.8 Å². The molecular formula is C20H18F6N6O. The normalized spacial score (nSPS) is 15.6. The number of halogens is 6. The van der Waals surface area contributed by atoms with Gasteiger partial charge in [-0.25, -0.2) is 4.98 Å². The quantitative estimate of drug-likeness (QED) is 0.513. The first kappa shape index (κ1) is 24.2. The van der Waals surface area contributed by atoms with Gasteiger partial charge in [-0.15, -0.1) is 0 Å². The summed E-state index contributed by atoms with van der Waals surface area (Å²) in [7, 11) is 0. The lowest BCUT2D eigenvalue weighted by Gasteiger charge is -2.29. The molecule has 2 aromatic heterocycles. The molecule has 1 aliphatic rings. The molecule has 1 aliphatic heterocycles. The molecule has 0 aromatic carbocycles. The zero-order valence-electron chi connectivity index (χ0n) is 16.9. The van der Waals surface area contributed by atoms with Gasteiger partial charge in [0.1, 0.15) is 17.1 Å². The molecule has 0 spiro atoms. The second-order valence-corrected chi connectivity index (χ2v) is 7.22. The summed E-state index contributed by atoms with van der Waals surface area (Å²) in [6.45, 7) is 0.747. The Morgan fingerprint density at radius 1 is 1.18 bits per heavy atom. The maximum Gasteiger partial charge on any atom is 0.433 e. The number of carbonyl (C=O) groups is 1. The van der Waals surface area contributed by atoms with Crippen LogP contribution in [-0.4, -0.2) is 39.7 Å². The van der Waals surface area contributed by atoms with E-state index in [-0.39, 0.29) is 24.5 Å². The number of carbonyl (C=O) groups excluding carboxylic acids is 1. The van der Waals surface area contributed by atoms with Crippen molar-refractivity contribution in [2.45, 2.75) is 31.9 Å². The first-order valence-corrected chi connectivity index (χ1v) is 9.48. The van der Waals surface area contributed by atoms with Crippen molar-refractivity contribution in [2.24, 2.45) is 16.5 Å². The molecule has 4 N–H and O–H groups in total. The lowest BCUT2D eigenvalue weighted by Crippen LogP contribution is -2.31. The highest BCUT2D eigenvalue weighted by Gasteiger charge is 2.33. The number of hydrogen-bond donors (Lipinski definition) is 2. The van der Waals surface area contributed by atoms with E-state index in [4.69, 9.17) is 11.5 Å². The Hall–Kier alpha value is -3.48. The molecule has 13 heteroatoms. The fourth-order valence-corrected chi connectivity index (χ4v) is 3.23. The SMILES string of the molecule is NC(=O)c1cc(N=CC=C(N)C(F)(F)F)c2c(n1)CN(Cc1ccnc(C(F)(F)F)c1)CC2. The Labute approximate surface area is 183 Å². The van der Waals surface area contributed by atoms with E-state index in [2.05, 4.69) is 15.0 Å². The van der Waals surface area contributed by atoms with Crippen LogP contribution >= 0.6 is 0 Å². The lowest BCUT2D eigenvalue weighted by atomic mass is 10.0. The van der Waals surface area contributed by atoms with Gasteiger partial charge in [-0.1, -0.05) is 0 Å². The maximum absolute atomic E-state index is 12.9. The Bertz CT molecular complexity index is 1110. The summed E-state index contributed by atoms with van der Waals surface area (Å²) < 4.78 is 76.3. The van der Waals surface area contributed by atoms with Crippen molar-refractivity contribution in [2.75, 3.05) is 6.54 Å². The summed E-state index contributed by atoms with van der Waals surface area (Å²) in [5, 5.41) is 0. The van der Waals surface area contributed by atoms with Crippen LogP contribution in [0.2, 0.25) is 0 Å². The molecule has 3 heterocycles. The van der Waals surface area contributed by atoms with E-state index in [0.717, 1.165) is 18.5 Å². The lowest BCUT2D eigenvalue weighted by molar-refractivity contribution is -0.141. The molecular weight excluding hydrogens is 454 g/mol. The minimum atomic E-state index is -4.71. The number of alkyl halides is 6. The van der Waals surface area contributed by atoms with Crippen molar-refractivity contribution in [3.05, 3.63) is 64.4 Å². The maximum atomic E-state index is 12.9. The number of hydrogen-bond acceptors (Lipinski definition) is 6. The van der Waals surface area contributed by atoms with Crippen LogP contribution in [0.25, 0.3) is 0 Å². The number of nitrogens with two attached hydrogens (primary N) is 2. The Kier molecular flexibility index (Phi) is 6.72. The second kappa shape index (κ2) is 9.17. The van der Waals surface area contributed by atoms with E-state index in [9.17, 15) is 31.1 Å². The van der Waals surface area contributed by atoms with Crippen molar-refractivity contribution in [3.8, 4) is 0 Å². The molecule has 0 atom stereocenters. The van der Waals surface area contributed by atoms with Crippen LogP contribution < -0.4 is 11.5 Å². The Morgan fingerprint density at radius 3 is 2.55 bits per heavy atom. The average molecular weight is 472 g/mol. The van der Waals surface area contributed by atoms with Crippen molar-refractivity contribution in [1.29, 1.82) is 0 Å². The third kappa shape index (κ3) is 6.06. The second-order valence-electron chi connectivity index (χ2n) is 7.22. The predicted octanol–water partition coefficient (Wildman–Crippen LogP) is 3.26. The summed E-state index contributed by atoms with van der Waals surface area (Å²) >= 11 is 0. The first-order chi connectivity index (χ1) is 15.3. The number of fused-ring (bicyclic) bond motifs is 1. The van der Waals surface area contributed by atoms with Crippen molar-refractivity contribution in [3.63, 3.8) is 0 Å². The summed E-state index contributed by atoms with van der Waals surface area (Å²) in [5.41, 5.74) is 9.35. The van der Waals surface area contributed by atoms with Crippen LogP contribution in [0.15, 0.2) is 41.2 Å². The highest BCUT2D eigenvalue weighted by molar-refractivity contribution is 5.92. The van der Waals surface area contributed by atoms with E-state index in [1.807, 2.05) is 4.90 Å². The number of nitrogens with zero attached hydrogens (tertiary/aromatic N) is 4. The van der Waals surface area contributed by atoms with Gasteiger partial charge in [0.25, 0.3) is 5.91 Å². The highest BCUT2D eigenvalue weighted by atomic mass is 19.4. The molecule has 0 unspecified atom stereocenters. The number of aromatic nitrogens is 2. The van der Waals surface area contributed by atoms with Crippen LogP contribution in [0.5, 0.6) is 0 Å². The molecule has 0 fully saturated rings. The smallest absolute Gasteiger partial charge is 0.395 e. The largest absolute Gasteiger partial charge is 0.433 e. The number of amides is 1. The van der Waals surface area contributed by atoms with Crippen LogP contribution in [0, 0.1) is 0 Å². The molecule has 0 aliphatic carbocycles. The topological polar surface area (TPSA) is 110 Å². The van der Waals surface area contributed by atoms with E-state index in [0.29, 0.717) is 35.9 Å². The van der Waals surface area contributed by atoms with Crippen molar-refractivity contribution in [1.82, 2.24) is 14.9 Å². The summed E-state index contributed by atoms with van der Waals surface area (Å²) in [5.74, 6) is -0.860. The van der Waals surface area contributed by atoms with E-state index >= 15 is 0 Å². The van der Waals surface area contributed by atoms with Gasteiger partial charge < -0.3 is 11.5 Å². The zero-order chi connectivity index (χ0) is 24.4. The van der Waals surface area contributed by atoms with Gasteiger partial charge >= 0.3 is 12.4 Å². The van der Waals surface area contributed by atoms with Crippen LogP contribution in [-0.2, 0) is 25.7 Å². The highest BCUT2D eigenvalue weighted by Crippen LogP contribution is 2.31. The van der Waals surface area contributed by atoms with Crippen LogP contribution in [0.1, 0.15) is 33.0 Å². The van der Waals surface area contributed by atoms with Gasteiger partial charge in [-0.2, -0.15) is 26.3 Å². The summed E-state index contributed by atoms with van der Waals surface area (Å²) in [6.07, 6.45) is -6.39. The van der Waals surface area contributed by atoms with Crippen molar-refractivity contribution < 1.29 is 31.1 Å². The van der Waals surface area contributed by atoms with Gasteiger partial charge in [-0.05, 0) is 36.3 Å². The summed E-state index contributed by atoms with van der Waals surface area (Å²) in [6, 6.07) is 3.68. The number of aliphatic imine (C=N–C) groups is 1. The fraction of sp³-hybridized carbons (Fsp3) is 0.300. The molecule has 0 saturated carbocycles. The van der Waals surface area contributed by atoms with Gasteiger partial charge in [-0.3, -0.25) is 19.7 Å². The predicted molar refractivity (Wildman–Crippen MR) is 106 cm³/mol. The zero-order valence-corrected chi connectivity index (χ0v) is 16.9. The van der Waals surface area contributed by atoms with E-state index in [1.54, 1.807) is 0 Å². The minimum Gasteiger partial charge on any atom is -0.395 e. The first-order valence-electron chi connectivity index (χ1n) is 9.48. The number of primary amides is 1. The molecule has 3 rings (SSSR count). The van der Waals surface area contributed by atoms with Gasteiger partial charge in [0.15, 0.2) is 0 Å². The van der Waals surface area contributed by atoms with Gasteiger partial charge in [0.05, 0.1) is 11.4 Å². The third-order valence-electron chi connectivity index (χ3n) is 4.81. The number of pyridine rings is 2. The fourth-order valence-electron chi connectivity index (χ4n) is 3.23. The van der Waals surface area contributed by atoms with E-state index in [1.165, 1.54) is 12.1 Å². The monoisotopic (exact) mass is 472 g/mol. The van der Waals surface area contributed by atoms with E-state index < -0.39 is 29.7 Å². The molecule has 33 heavy (non-hydrogen) atoms. The molecule has 0 bridgehead atoms. The summed E-state index contributed by atoms with van der Waals surface area (Å²) in [4.78, 5) is 25.0. The van der Waals surface area contributed by atoms with Crippen LogP contribution in [0.4, 0.5) is 32.0 Å².